The van der Waals surface area contributed by atoms with Gasteiger partial charge >= 0.3 is 0 Å². The molecule has 92 valence electrons. The van der Waals surface area contributed by atoms with Crippen molar-refractivity contribution in [1.29, 1.82) is 0 Å². The van der Waals surface area contributed by atoms with Gasteiger partial charge in [-0.2, -0.15) is 0 Å². The van der Waals surface area contributed by atoms with Crippen molar-refractivity contribution >= 4 is 5.82 Å². The molecule has 17 heavy (non-hydrogen) atoms. The zero-order chi connectivity index (χ0) is 12.0. The normalized spacial score (nSPS) is 31.9. The largest absolute Gasteiger partial charge is 0.393 e. The molecule has 0 aromatic carbocycles. The fraction of sp³-hybridized carbons (Fsp3) is 0.667. The van der Waals surface area contributed by atoms with Crippen LogP contribution in [0.5, 0.6) is 0 Å². The Morgan fingerprint density at radius 1 is 1.41 bits per heavy atom. The second kappa shape index (κ2) is 3.84. The van der Waals surface area contributed by atoms with E-state index in [-0.39, 0.29) is 11.7 Å². The number of nitrogens with one attached hydrogen (secondary N) is 1. The first-order chi connectivity index (χ1) is 8.13. The van der Waals surface area contributed by atoms with Crippen molar-refractivity contribution in [2.45, 2.75) is 50.8 Å². The highest BCUT2D eigenvalue weighted by molar-refractivity contribution is 5.43. The number of aliphatic hydroxyl groups is 1. The Bertz CT molecular complexity index is 471. The van der Waals surface area contributed by atoms with E-state index >= 15 is 0 Å². The number of nitrogens with zero attached hydrogens (tertiary/aromatic N) is 2. The summed E-state index contributed by atoms with van der Waals surface area (Å²) in [5, 5.41) is 9.75. The van der Waals surface area contributed by atoms with Gasteiger partial charge in [-0.25, -0.2) is 4.98 Å². The van der Waals surface area contributed by atoms with Crippen LogP contribution in [0.25, 0.3) is 0 Å². The van der Waals surface area contributed by atoms with E-state index in [1.165, 1.54) is 0 Å². The van der Waals surface area contributed by atoms with E-state index in [0.717, 1.165) is 31.5 Å². The second-order valence-corrected chi connectivity index (χ2v) is 5.11. The molecular weight excluding hydrogens is 218 g/mol. The average molecular weight is 235 g/mol. The van der Waals surface area contributed by atoms with E-state index in [4.69, 9.17) is 0 Å². The summed E-state index contributed by atoms with van der Waals surface area (Å²) in [4.78, 5) is 20.8. The Hall–Kier alpha value is -1.36. The Balaban J connectivity index is 1.97. The van der Waals surface area contributed by atoms with Crippen LogP contribution in [0.2, 0.25) is 0 Å². The minimum Gasteiger partial charge on any atom is -0.393 e. The molecular formula is C12H17N3O2. The van der Waals surface area contributed by atoms with E-state index in [9.17, 15) is 9.90 Å². The molecule has 2 aliphatic rings. The summed E-state index contributed by atoms with van der Waals surface area (Å²) in [5.74, 6) is 1.42. The lowest BCUT2D eigenvalue weighted by molar-refractivity contribution is 0.126. The lowest BCUT2D eigenvalue weighted by atomic mass is 10.00. The fourth-order valence-electron chi connectivity index (χ4n) is 3.22. The highest BCUT2D eigenvalue weighted by atomic mass is 16.3. The minimum absolute atomic E-state index is 0.0991. The van der Waals surface area contributed by atoms with Gasteiger partial charge in [0.25, 0.3) is 5.56 Å². The quantitative estimate of drug-likeness (QED) is 0.746. The van der Waals surface area contributed by atoms with Gasteiger partial charge in [0, 0.05) is 18.2 Å². The molecule has 0 aliphatic carbocycles. The van der Waals surface area contributed by atoms with Gasteiger partial charge in [-0.15, -0.1) is 0 Å². The Kier molecular flexibility index (Phi) is 2.43. The molecule has 2 bridgehead atoms. The van der Waals surface area contributed by atoms with Crippen LogP contribution >= 0.6 is 0 Å². The summed E-state index contributed by atoms with van der Waals surface area (Å²) >= 11 is 0. The monoisotopic (exact) mass is 235 g/mol. The van der Waals surface area contributed by atoms with E-state index < -0.39 is 0 Å². The molecule has 2 aliphatic heterocycles. The van der Waals surface area contributed by atoms with Crippen LogP contribution in [-0.2, 0) is 0 Å². The number of hydrogen-bond donors (Lipinski definition) is 2. The number of hydrogen-bond acceptors (Lipinski definition) is 4. The van der Waals surface area contributed by atoms with Gasteiger partial charge in [0.2, 0.25) is 0 Å². The maximum atomic E-state index is 11.5. The Morgan fingerprint density at radius 3 is 2.65 bits per heavy atom. The summed E-state index contributed by atoms with van der Waals surface area (Å²) in [6.45, 7) is 1.80. The molecule has 2 saturated heterocycles. The first-order valence-electron chi connectivity index (χ1n) is 6.18. The van der Waals surface area contributed by atoms with Crippen LogP contribution in [0.1, 0.15) is 31.5 Å². The van der Waals surface area contributed by atoms with E-state index in [1.54, 1.807) is 13.0 Å². The summed E-state index contributed by atoms with van der Waals surface area (Å²) in [7, 11) is 0. The summed E-state index contributed by atoms with van der Waals surface area (Å²) < 4.78 is 0. The Morgan fingerprint density at radius 2 is 2.06 bits per heavy atom. The molecule has 2 atom stereocenters. The standard InChI is InChI=1S/C12H17N3O2/c1-7-13-11(6-12(17)14-7)15-8-2-3-9(15)5-10(16)4-8/h6,8-10,16H,2-5H2,1H3,(H,13,14,17). The summed E-state index contributed by atoms with van der Waals surface area (Å²) in [5.41, 5.74) is -0.0991. The van der Waals surface area contributed by atoms with Crippen molar-refractivity contribution in [2.75, 3.05) is 4.90 Å². The number of aliphatic hydroxyl groups excluding tert-OH is 1. The number of piperidine rings is 1. The third-order valence-corrected chi connectivity index (χ3v) is 3.82. The third kappa shape index (κ3) is 1.84. The lowest BCUT2D eigenvalue weighted by Crippen LogP contribution is -2.45. The van der Waals surface area contributed by atoms with Crippen LogP contribution in [0.3, 0.4) is 0 Å². The first-order valence-corrected chi connectivity index (χ1v) is 6.18. The molecule has 3 rings (SSSR count). The van der Waals surface area contributed by atoms with Gasteiger partial charge in [0.1, 0.15) is 11.6 Å². The van der Waals surface area contributed by atoms with Gasteiger partial charge in [-0.3, -0.25) is 4.79 Å². The number of aryl methyl sites for hydroxylation is 1. The number of H-pyrrole nitrogens is 1. The molecule has 1 aromatic heterocycles. The lowest BCUT2D eigenvalue weighted by Gasteiger charge is -2.38. The van der Waals surface area contributed by atoms with Gasteiger partial charge in [0.15, 0.2) is 0 Å². The molecule has 2 fully saturated rings. The molecule has 5 heteroatoms. The number of aromatic amines is 1. The predicted molar refractivity (Wildman–Crippen MR) is 64.1 cm³/mol. The van der Waals surface area contributed by atoms with Crippen LogP contribution in [-0.4, -0.2) is 33.3 Å². The first kappa shape index (κ1) is 10.8. The van der Waals surface area contributed by atoms with Crippen LogP contribution < -0.4 is 10.5 Å². The Labute approximate surface area is 99.5 Å². The fourth-order valence-corrected chi connectivity index (χ4v) is 3.22. The molecule has 0 amide bonds. The molecule has 0 radical (unpaired) electrons. The van der Waals surface area contributed by atoms with Gasteiger partial charge < -0.3 is 15.0 Å². The highest BCUT2D eigenvalue weighted by Gasteiger charge is 2.40. The van der Waals surface area contributed by atoms with Crippen LogP contribution in [0, 0.1) is 6.92 Å². The predicted octanol–water partition coefficient (Wildman–Crippen LogP) is 0.570. The zero-order valence-corrected chi connectivity index (χ0v) is 9.89. The molecule has 0 spiro atoms. The van der Waals surface area contributed by atoms with Crippen molar-refractivity contribution in [2.24, 2.45) is 0 Å². The number of rotatable bonds is 1. The number of aromatic nitrogens is 2. The number of anilines is 1. The third-order valence-electron chi connectivity index (χ3n) is 3.82. The zero-order valence-electron chi connectivity index (χ0n) is 9.89. The van der Waals surface area contributed by atoms with Crippen molar-refractivity contribution in [3.05, 3.63) is 22.2 Å². The van der Waals surface area contributed by atoms with E-state index in [0.29, 0.717) is 17.9 Å². The van der Waals surface area contributed by atoms with Crippen molar-refractivity contribution in [3.63, 3.8) is 0 Å². The molecule has 0 saturated carbocycles. The van der Waals surface area contributed by atoms with Gasteiger partial charge in [0.05, 0.1) is 6.10 Å². The average Bonchev–Trinajstić information content (AvgIpc) is 2.50. The van der Waals surface area contributed by atoms with Crippen molar-refractivity contribution in [3.8, 4) is 0 Å². The molecule has 2 unspecified atom stereocenters. The van der Waals surface area contributed by atoms with Crippen molar-refractivity contribution < 1.29 is 5.11 Å². The van der Waals surface area contributed by atoms with Gasteiger partial charge in [-0.05, 0) is 32.6 Å². The number of fused-ring (bicyclic) bond motifs is 2. The molecule has 1 aromatic rings. The minimum atomic E-state index is -0.188. The smallest absolute Gasteiger partial charge is 0.252 e. The molecule has 5 nitrogen and oxygen atoms in total. The maximum absolute atomic E-state index is 11.5. The van der Waals surface area contributed by atoms with E-state index in [2.05, 4.69) is 14.9 Å². The maximum Gasteiger partial charge on any atom is 0.252 e. The highest BCUT2D eigenvalue weighted by Crippen LogP contribution is 2.38. The molecule has 2 N–H and O–H groups in total. The topological polar surface area (TPSA) is 69.2 Å². The van der Waals surface area contributed by atoms with Crippen molar-refractivity contribution in [1.82, 2.24) is 9.97 Å². The summed E-state index contributed by atoms with van der Waals surface area (Å²) in [6.07, 6.45) is 3.59. The second-order valence-electron chi connectivity index (χ2n) is 5.11. The van der Waals surface area contributed by atoms with E-state index in [1.807, 2.05) is 0 Å². The SMILES string of the molecule is Cc1nc(N2C3CCC2CC(O)C3)cc(=O)[nH]1. The molecule has 3 heterocycles. The van der Waals surface area contributed by atoms with Crippen LogP contribution in [0.15, 0.2) is 10.9 Å². The van der Waals surface area contributed by atoms with Crippen LogP contribution in [0.4, 0.5) is 5.82 Å². The van der Waals surface area contributed by atoms with Gasteiger partial charge in [-0.1, -0.05) is 0 Å². The summed E-state index contributed by atoms with van der Waals surface area (Å²) in [6, 6.07) is 2.26.